The zero-order chi connectivity index (χ0) is 33.8. The van der Waals surface area contributed by atoms with Gasteiger partial charge in [-0.15, -0.1) is 11.3 Å². The van der Waals surface area contributed by atoms with Gasteiger partial charge >= 0.3 is 0 Å². The Morgan fingerprint density at radius 2 is 0.980 bits per heavy atom. The number of benzene rings is 7. The molecule has 0 saturated heterocycles. The van der Waals surface area contributed by atoms with Gasteiger partial charge in [-0.25, -0.2) is 0 Å². The van der Waals surface area contributed by atoms with Crippen molar-refractivity contribution < 1.29 is 0 Å². The van der Waals surface area contributed by atoms with Crippen molar-refractivity contribution in [3.05, 3.63) is 174 Å². The van der Waals surface area contributed by atoms with E-state index >= 15 is 0 Å². The van der Waals surface area contributed by atoms with Gasteiger partial charge in [0.15, 0.2) is 0 Å². The van der Waals surface area contributed by atoms with Crippen LogP contribution in [0.3, 0.4) is 0 Å². The number of rotatable bonds is 4. The number of para-hydroxylation sites is 1. The van der Waals surface area contributed by atoms with Gasteiger partial charge in [0.05, 0.1) is 0 Å². The van der Waals surface area contributed by atoms with E-state index in [4.69, 9.17) is 0 Å². The van der Waals surface area contributed by atoms with Crippen LogP contribution in [0.1, 0.15) is 49.9 Å². The minimum absolute atomic E-state index is 0.00184. The maximum Gasteiger partial charge on any atom is 0.0465 e. The van der Waals surface area contributed by atoms with Crippen LogP contribution in [0.5, 0.6) is 0 Å². The largest absolute Gasteiger partial charge is 0.310 e. The molecule has 0 unspecified atom stereocenters. The van der Waals surface area contributed by atoms with Gasteiger partial charge in [0.1, 0.15) is 0 Å². The fourth-order valence-corrected chi connectivity index (χ4v) is 10.3. The molecule has 240 valence electrons. The SMILES string of the molecule is CC1(C)c2ccccc2-c2ccc(N(c3ccccc3)c3ccc(-c4cccc5c4sc4c6c(ccc45)C(C)(C)c4ccccc4-6)cc3)cc21. The number of anilines is 3. The van der Waals surface area contributed by atoms with Crippen molar-refractivity contribution in [2.24, 2.45) is 0 Å². The van der Waals surface area contributed by atoms with Crippen molar-refractivity contribution in [2.45, 2.75) is 38.5 Å². The second kappa shape index (κ2) is 10.5. The zero-order valence-corrected chi connectivity index (χ0v) is 29.6. The van der Waals surface area contributed by atoms with E-state index in [0.29, 0.717) is 0 Å². The predicted molar refractivity (Wildman–Crippen MR) is 215 cm³/mol. The number of fused-ring (bicyclic) bond motifs is 10. The van der Waals surface area contributed by atoms with Crippen LogP contribution in [0.2, 0.25) is 0 Å². The Morgan fingerprint density at radius 3 is 1.76 bits per heavy atom. The molecule has 1 aromatic heterocycles. The van der Waals surface area contributed by atoms with Gasteiger partial charge in [-0.3, -0.25) is 0 Å². The van der Waals surface area contributed by atoms with Gasteiger partial charge in [0.2, 0.25) is 0 Å². The van der Waals surface area contributed by atoms with Gasteiger partial charge in [0.25, 0.3) is 0 Å². The predicted octanol–water partition coefficient (Wildman–Crippen LogP) is 13.8. The van der Waals surface area contributed by atoms with E-state index in [1.165, 1.54) is 81.5 Å². The minimum Gasteiger partial charge on any atom is -0.310 e. The molecular formula is C48H37NS. The average molecular weight is 660 g/mol. The standard InChI is InChI=1S/C48H37NS/c1-47(2)41-20-11-9-16-39(41)44-42(47)28-27-38-37-18-12-17-34(45(37)50-46(38)44)30-21-23-32(24-22-30)49(31-13-6-5-7-14-31)33-25-26-36-35-15-8-10-19-40(35)48(3,4)43(36)29-33/h5-29H,1-4H3. The highest BCUT2D eigenvalue weighted by Gasteiger charge is 2.37. The maximum atomic E-state index is 2.41. The first kappa shape index (κ1) is 29.5. The summed E-state index contributed by atoms with van der Waals surface area (Å²) in [6.07, 6.45) is 0. The quantitative estimate of drug-likeness (QED) is 0.182. The fourth-order valence-electron chi connectivity index (χ4n) is 8.91. The van der Waals surface area contributed by atoms with Gasteiger partial charge in [-0.1, -0.05) is 143 Å². The molecule has 7 aromatic carbocycles. The third-order valence-electron chi connectivity index (χ3n) is 11.5. The van der Waals surface area contributed by atoms with E-state index in [1.807, 2.05) is 11.3 Å². The molecule has 50 heavy (non-hydrogen) atoms. The molecule has 0 N–H and O–H groups in total. The second-order valence-electron chi connectivity index (χ2n) is 14.9. The molecule has 1 heterocycles. The molecule has 10 rings (SSSR count). The van der Waals surface area contributed by atoms with E-state index in [-0.39, 0.29) is 10.8 Å². The lowest BCUT2D eigenvalue weighted by molar-refractivity contribution is 0.660. The smallest absolute Gasteiger partial charge is 0.0465 e. The summed E-state index contributed by atoms with van der Waals surface area (Å²) in [5.41, 5.74) is 17.1. The number of hydrogen-bond acceptors (Lipinski definition) is 2. The third kappa shape index (κ3) is 4.06. The Hall–Kier alpha value is -5.44. The summed E-state index contributed by atoms with van der Waals surface area (Å²) < 4.78 is 2.75. The highest BCUT2D eigenvalue weighted by atomic mass is 32.1. The van der Waals surface area contributed by atoms with Gasteiger partial charge in [-0.05, 0) is 86.5 Å². The van der Waals surface area contributed by atoms with Crippen molar-refractivity contribution in [1.29, 1.82) is 0 Å². The van der Waals surface area contributed by atoms with Crippen molar-refractivity contribution in [2.75, 3.05) is 4.90 Å². The van der Waals surface area contributed by atoms with Gasteiger partial charge in [-0.2, -0.15) is 0 Å². The lowest BCUT2D eigenvalue weighted by Gasteiger charge is -2.28. The average Bonchev–Trinajstić information content (AvgIpc) is 3.73. The van der Waals surface area contributed by atoms with Crippen LogP contribution in [-0.2, 0) is 10.8 Å². The number of hydrogen-bond donors (Lipinski definition) is 0. The van der Waals surface area contributed by atoms with E-state index in [1.54, 1.807) is 0 Å². The van der Waals surface area contributed by atoms with E-state index in [2.05, 4.69) is 184 Å². The molecule has 0 atom stereocenters. The summed E-state index contributed by atoms with van der Waals surface area (Å²) in [4.78, 5) is 2.39. The topological polar surface area (TPSA) is 3.24 Å². The highest BCUT2D eigenvalue weighted by Crippen LogP contribution is 2.55. The van der Waals surface area contributed by atoms with Crippen LogP contribution in [0, 0.1) is 0 Å². The molecule has 0 bridgehead atoms. The van der Waals surface area contributed by atoms with Crippen LogP contribution < -0.4 is 4.90 Å². The van der Waals surface area contributed by atoms with E-state index in [0.717, 1.165) is 11.4 Å². The van der Waals surface area contributed by atoms with Crippen LogP contribution in [0.15, 0.2) is 152 Å². The van der Waals surface area contributed by atoms with Crippen molar-refractivity contribution in [3.8, 4) is 33.4 Å². The Morgan fingerprint density at radius 1 is 0.400 bits per heavy atom. The first-order valence-corrected chi connectivity index (χ1v) is 18.4. The van der Waals surface area contributed by atoms with Crippen molar-refractivity contribution in [1.82, 2.24) is 0 Å². The molecular weight excluding hydrogens is 623 g/mol. The molecule has 0 saturated carbocycles. The molecule has 0 spiro atoms. The Labute approximate surface area is 298 Å². The minimum atomic E-state index is -0.0605. The Bertz CT molecular complexity index is 2640. The lowest BCUT2D eigenvalue weighted by Crippen LogP contribution is -2.16. The summed E-state index contributed by atoms with van der Waals surface area (Å²) in [6, 6.07) is 56.4. The van der Waals surface area contributed by atoms with Crippen LogP contribution >= 0.6 is 11.3 Å². The second-order valence-corrected chi connectivity index (χ2v) is 16.0. The number of thiophene rings is 1. The molecule has 0 fully saturated rings. The van der Waals surface area contributed by atoms with Gasteiger partial charge in [0, 0.05) is 53.6 Å². The zero-order valence-electron chi connectivity index (χ0n) is 28.8. The summed E-state index contributed by atoms with van der Waals surface area (Å²) in [5.74, 6) is 0. The van der Waals surface area contributed by atoms with Crippen LogP contribution in [0.25, 0.3) is 53.6 Å². The molecule has 1 nitrogen and oxygen atoms in total. The maximum absolute atomic E-state index is 2.41. The summed E-state index contributed by atoms with van der Waals surface area (Å²) in [7, 11) is 0. The van der Waals surface area contributed by atoms with E-state index in [9.17, 15) is 0 Å². The highest BCUT2D eigenvalue weighted by molar-refractivity contribution is 7.27. The summed E-state index contributed by atoms with van der Waals surface area (Å²) in [5, 5.41) is 2.69. The van der Waals surface area contributed by atoms with Crippen LogP contribution in [0.4, 0.5) is 17.1 Å². The molecule has 0 aliphatic heterocycles. The molecule has 2 aliphatic rings. The third-order valence-corrected chi connectivity index (χ3v) is 12.8. The normalized spacial score (nSPS) is 14.7. The first-order chi connectivity index (χ1) is 24.3. The Kier molecular flexibility index (Phi) is 6.21. The van der Waals surface area contributed by atoms with Crippen molar-refractivity contribution in [3.63, 3.8) is 0 Å². The summed E-state index contributed by atoms with van der Waals surface area (Å²) in [6.45, 7) is 9.44. The lowest BCUT2D eigenvalue weighted by atomic mass is 9.82. The Balaban J connectivity index is 1.09. The van der Waals surface area contributed by atoms with Crippen molar-refractivity contribution >= 4 is 48.6 Å². The summed E-state index contributed by atoms with van der Waals surface area (Å²) >= 11 is 1.95. The van der Waals surface area contributed by atoms with E-state index < -0.39 is 0 Å². The molecule has 8 aromatic rings. The fraction of sp³-hybridized carbons (Fsp3) is 0.125. The monoisotopic (exact) mass is 659 g/mol. The number of nitrogens with zero attached hydrogens (tertiary/aromatic N) is 1. The van der Waals surface area contributed by atoms with Crippen LogP contribution in [-0.4, -0.2) is 0 Å². The molecule has 0 amide bonds. The molecule has 0 radical (unpaired) electrons. The molecule has 2 heteroatoms. The first-order valence-electron chi connectivity index (χ1n) is 17.6. The molecule has 2 aliphatic carbocycles. The van der Waals surface area contributed by atoms with Gasteiger partial charge < -0.3 is 4.90 Å².